The molecule has 3 saturated heterocycles. The number of primary amides is 1. The fourth-order valence-electron chi connectivity index (χ4n) is 9.79. The second kappa shape index (κ2) is 21.2. The summed E-state index contributed by atoms with van der Waals surface area (Å²) in [6.45, 7) is 2.22. The topological polar surface area (TPSA) is 257 Å². The van der Waals surface area contributed by atoms with Gasteiger partial charge in [0.15, 0.2) is 0 Å². The van der Waals surface area contributed by atoms with E-state index in [2.05, 4.69) is 47.9 Å². The van der Waals surface area contributed by atoms with Crippen LogP contribution in [0.2, 0.25) is 0 Å². The number of hydrogen-bond donors (Lipinski definition) is 11. The smallest absolute Gasteiger partial charge is 0.226 e. The summed E-state index contributed by atoms with van der Waals surface area (Å²) in [5, 5.41) is 40.0. The van der Waals surface area contributed by atoms with Gasteiger partial charge in [-0.15, -0.1) is 0 Å². The quantitative estimate of drug-likeness (QED) is 0.0734. The minimum absolute atomic E-state index is 0.0439. The molecule has 3 heterocycles. The monoisotopic (exact) mass is 866 g/mol. The van der Waals surface area contributed by atoms with Crippen molar-refractivity contribution in [3.63, 3.8) is 0 Å². The maximum atomic E-state index is 14.2. The Labute approximate surface area is 367 Å². The lowest BCUT2D eigenvalue weighted by Crippen LogP contribution is -2.54. The third-order valence-electron chi connectivity index (χ3n) is 13.3. The molecule has 3 aliphatic heterocycles. The Kier molecular flexibility index (Phi) is 15.3. The van der Waals surface area contributed by atoms with E-state index in [0.29, 0.717) is 52.1 Å². The number of rotatable bonds is 18. The first-order valence-electron chi connectivity index (χ1n) is 22.3. The third kappa shape index (κ3) is 11.5. The Morgan fingerprint density at radius 1 is 0.683 bits per heavy atom. The molecule has 3 aromatic rings. The number of amides is 6. The second-order valence-electron chi connectivity index (χ2n) is 17.6. The van der Waals surface area contributed by atoms with Gasteiger partial charge in [-0.05, 0) is 66.8 Å². The number of nitrogens with one attached hydrogen (secondary N) is 9. The Hall–Kier alpha value is -5.62. The molecular weight excluding hydrogens is 805 g/mol. The molecule has 10 atom stereocenters. The van der Waals surface area contributed by atoms with Gasteiger partial charge < -0.3 is 58.7 Å². The summed E-state index contributed by atoms with van der Waals surface area (Å²) in [6, 6.07) is 18.4. The highest BCUT2D eigenvalue weighted by molar-refractivity contribution is 5.88. The predicted molar refractivity (Wildman–Crippen MR) is 237 cm³/mol. The standard InChI is InChI=1S/C46H62N10O7/c1-48-37-11-5-10-33(37)44(61)52-19-29(16-26-12-14-31(57)15-13-26)43(60)55-39-24-51-22-36(39)46(63)56-40-25-50-21-35(40)45(62)53-30(17-28-8-4-7-27-6-2-3-9-32(27)28)18-41(58)54-38-23-49-20-34(38)42(47)59/h2-4,6-9,12-15,29-30,33-40,48-51,57H,5,10-11,16-25H2,1H3,(H2,47,59)(H,52,61)(H,53,62)(H,54,58)(H,55,60)(H,56,63)/t29-,30-,33?,34?,35?,36?,37?,38?,39?,40?/m0/s1. The van der Waals surface area contributed by atoms with Crippen LogP contribution in [0, 0.1) is 29.6 Å². The highest BCUT2D eigenvalue weighted by Crippen LogP contribution is 2.26. The molecule has 0 aromatic heterocycles. The summed E-state index contributed by atoms with van der Waals surface area (Å²) in [4.78, 5) is 80.9. The number of aromatic hydroxyl groups is 1. The van der Waals surface area contributed by atoms with Gasteiger partial charge in [0.25, 0.3) is 0 Å². The zero-order chi connectivity index (χ0) is 44.5. The van der Waals surface area contributed by atoms with E-state index in [9.17, 15) is 33.9 Å². The molecule has 4 fully saturated rings. The summed E-state index contributed by atoms with van der Waals surface area (Å²) in [7, 11) is 1.85. The third-order valence-corrected chi connectivity index (χ3v) is 13.3. The van der Waals surface area contributed by atoms with Crippen LogP contribution in [0.5, 0.6) is 5.75 Å². The average molecular weight is 867 g/mol. The summed E-state index contributed by atoms with van der Waals surface area (Å²) < 4.78 is 0. The average Bonchev–Trinajstić information content (AvgIpc) is 4.11. The van der Waals surface area contributed by atoms with Gasteiger partial charge in [-0.3, -0.25) is 28.8 Å². The Morgan fingerprint density at radius 2 is 1.33 bits per heavy atom. The number of nitrogens with two attached hydrogens (primary N) is 1. The molecule has 3 aromatic carbocycles. The van der Waals surface area contributed by atoms with Crippen LogP contribution in [0.4, 0.5) is 0 Å². The number of benzene rings is 3. The molecule has 12 N–H and O–H groups in total. The summed E-state index contributed by atoms with van der Waals surface area (Å²) in [6.07, 6.45) is 3.27. The fraction of sp³-hybridized carbons (Fsp3) is 0.522. The number of phenols is 1. The van der Waals surface area contributed by atoms with Crippen LogP contribution in [0.1, 0.15) is 36.8 Å². The zero-order valence-corrected chi connectivity index (χ0v) is 35.8. The van der Waals surface area contributed by atoms with Gasteiger partial charge in [-0.25, -0.2) is 0 Å². The van der Waals surface area contributed by atoms with E-state index in [1.54, 1.807) is 24.3 Å². The molecular formula is C46H62N10O7. The van der Waals surface area contributed by atoms with Crippen LogP contribution in [0.25, 0.3) is 10.8 Å². The van der Waals surface area contributed by atoms with E-state index in [4.69, 9.17) is 5.73 Å². The highest BCUT2D eigenvalue weighted by Gasteiger charge is 2.41. The minimum atomic E-state index is -0.646. The van der Waals surface area contributed by atoms with Gasteiger partial charge in [0.2, 0.25) is 35.4 Å². The molecule has 0 bridgehead atoms. The maximum absolute atomic E-state index is 14.2. The van der Waals surface area contributed by atoms with Crippen LogP contribution in [0.15, 0.2) is 66.7 Å². The maximum Gasteiger partial charge on any atom is 0.226 e. The molecule has 0 radical (unpaired) electrons. The first-order valence-corrected chi connectivity index (χ1v) is 22.3. The van der Waals surface area contributed by atoms with E-state index < -0.39 is 53.7 Å². The van der Waals surface area contributed by atoms with E-state index >= 15 is 0 Å². The van der Waals surface area contributed by atoms with E-state index in [-0.39, 0.29) is 60.2 Å². The Morgan fingerprint density at radius 3 is 2.05 bits per heavy atom. The van der Waals surface area contributed by atoms with E-state index in [1.165, 1.54) is 0 Å². The number of fused-ring (bicyclic) bond motifs is 1. The van der Waals surface area contributed by atoms with Crippen molar-refractivity contribution in [2.75, 3.05) is 52.9 Å². The lowest BCUT2D eigenvalue weighted by molar-refractivity contribution is -0.129. The fourth-order valence-corrected chi connectivity index (χ4v) is 9.79. The summed E-state index contributed by atoms with van der Waals surface area (Å²) in [5.74, 6) is -4.36. The van der Waals surface area contributed by atoms with Crippen LogP contribution in [0.3, 0.4) is 0 Å². The summed E-state index contributed by atoms with van der Waals surface area (Å²) >= 11 is 0. The predicted octanol–water partition coefficient (Wildman–Crippen LogP) is -1.08. The van der Waals surface area contributed by atoms with Crippen LogP contribution < -0.4 is 53.6 Å². The molecule has 338 valence electrons. The van der Waals surface area contributed by atoms with E-state index in [0.717, 1.165) is 41.2 Å². The first kappa shape index (κ1) is 45.4. The number of hydrogen-bond acceptors (Lipinski definition) is 11. The van der Waals surface area contributed by atoms with Crippen molar-refractivity contribution in [3.8, 4) is 5.75 Å². The molecule has 17 nitrogen and oxygen atoms in total. The van der Waals surface area contributed by atoms with Gasteiger partial charge in [-0.2, -0.15) is 0 Å². The van der Waals surface area contributed by atoms with Crippen LogP contribution >= 0.6 is 0 Å². The van der Waals surface area contributed by atoms with Crippen molar-refractivity contribution in [1.29, 1.82) is 0 Å². The van der Waals surface area contributed by atoms with Gasteiger partial charge in [0.05, 0.1) is 47.7 Å². The number of carbonyl (C=O) groups excluding carboxylic acids is 6. The van der Waals surface area contributed by atoms with Crippen LogP contribution in [-0.2, 0) is 41.6 Å². The molecule has 6 amide bonds. The van der Waals surface area contributed by atoms with Crippen molar-refractivity contribution >= 4 is 46.2 Å². The first-order chi connectivity index (χ1) is 30.5. The molecule has 17 heteroatoms. The van der Waals surface area contributed by atoms with Gasteiger partial charge >= 0.3 is 0 Å². The van der Waals surface area contributed by atoms with E-state index in [1.807, 2.05) is 49.5 Å². The number of phenolic OH excluding ortho intramolecular Hbond substituents is 1. The van der Waals surface area contributed by atoms with Gasteiger partial charge in [-0.1, -0.05) is 61.0 Å². The van der Waals surface area contributed by atoms with Gasteiger partial charge in [0, 0.05) is 64.3 Å². The molecule has 4 aliphatic rings. The lowest BCUT2D eigenvalue weighted by atomic mass is 9.94. The minimum Gasteiger partial charge on any atom is -0.508 e. The normalized spacial score (nSPS) is 26.4. The molecule has 1 saturated carbocycles. The van der Waals surface area contributed by atoms with Crippen molar-refractivity contribution in [2.45, 2.75) is 68.7 Å². The van der Waals surface area contributed by atoms with Crippen molar-refractivity contribution in [2.24, 2.45) is 35.3 Å². The Bertz CT molecular complexity index is 2110. The largest absolute Gasteiger partial charge is 0.508 e. The number of carbonyl (C=O) groups is 6. The van der Waals surface area contributed by atoms with Crippen molar-refractivity contribution < 1.29 is 33.9 Å². The molecule has 0 spiro atoms. The molecule has 63 heavy (non-hydrogen) atoms. The molecule has 7 rings (SSSR count). The van der Waals surface area contributed by atoms with Gasteiger partial charge in [0.1, 0.15) is 5.75 Å². The SMILES string of the molecule is CNC1CCCC1C(=O)NC[C@H](Cc1ccc(O)cc1)C(=O)NC1CNCC1C(=O)NC1CNCC1C(=O)N[C@H](CC(=O)NC1CNCC1C(N)=O)Cc1cccc2ccccc12. The second-order valence-corrected chi connectivity index (χ2v) is 17.6. The van der Waals surface area contributed by atoms with Crippen molar-refractivity contribution in [1.82, 2.24) is 47.9 Å². The van der Waals surface area contributed by atoms with Crippen molar-refractivity contribution in [3.05, 3.63) is 77.9 Å². The highest BCUT2D eigenvalue weighted by atomic mass is 16.3. The lowest BCUT2D eigenvalue weighted by Gasteiger charge is -2.27. The molecule has 8 unspecified atom stereocenters. The summed E-state index contributed by atoms with van der Waals surface area (Å²) in [5.41, 5.74) is 7.37. The zero-order valence-electron chi connectivity index (χ0n) is 35.8. The molecule has 1 aliphatic carbocycles. The van der Waals surface area contributed by atoms with Crippen LogP contribution in [-0.4, -0.2) is 124 Å². The Balaban J connectivity index is 0.991.